The molecule has 1 atom stereocenters. The van der Waals surface area contributed by atoms with Crippen LogP contribution in [0.3, 0.4) is 0 Å². The SMILES string of the molecule is C[C@H]1CN(c2ccnc3ccc(N)cc23)CCN1. The number of nitrogens with two attached hydrogens (primary N) is 1. The Morgan fingerprint density at radius 2 is 2.28 bits per heavy atom. The van der Waals surface area contributed by atoms with Gasteiger partial charge in [-0.25, -0.2) is 0 Å². The molecule has 0 unspecified atom stereocenters. The van der Waals surface area contributed by atoms with Crippen LogP contribution in [0.4, 0.5) is 11.4 Å². The molecule has 94 valence electrons. The van der Waals surface area contributed by atoms with E-state index in [1.54, 1.807) is 0 Å². The second kappa shape index (κ2) is 4.46. The van der Waals surface area contributed by atoms with E-state index in [-0.39, 0.29) is 0 Å². The standard InChI is InChI=1S/C14H18N4/c1-10-9-18(7-6-16-10)14-4-5-17-13-3-2-11(15)8-12(13)14/h2-5,8,10,16H,6-7,9,15H2,1H3/t10-/m0/s1. The van der Waals surface area contributed by atoms with Gasteiger partial charge in [-0.05, 0) is 31.2 Å². The molecule has 1 aliphatic rings. The molecule has 3 N–H and O–H groups in total. The lowest BCUT2D eigenvalue weighted by Gasteiger charge is -2.34. The average molecular weight is 242 g/mol. The van der Waals surface area contributed by atoms with Crippen molar-refractivity contribution in [2.75, 3.05) is 30.3 Å². The van der Waals surface area contributed by atoms with Gasteiger partial charge in [-0.1, -0.05) is 0 Å². The summed E-state index contributed by atoms with van der Waals surface area (Å²) in [5.74, 6) is 0. The molecule has 4 heteroatoms. The highest BCUT2D eigenvalue weighted by atomic mass is 15.2. The molecule has 18 heavy (non-hydrogen) atoms. The molecular formula is C14H18N4. The number of nitrogen functional groups attached to an aromatic ring is 1. The normalized spacial score (nSPS) is 20.3. The van der Waals surface area contributed by atoms with Crippen LogP contribution in [0.15, 0.2) is 30.5 Å². The lowest BCUT2D eigenvalue weighted by atomic mass is 10.1. The monoisotopic (exact) mass is 242 g/mol. The Morgan fingerprint density at radius 3 is 3.11 bits per heavy atom. The van der Waals surface area contributed by atoms with Gasteiger partial charge in [0.15, 0.2) is 0 Å². The van der Waals surface area contributed by atoms with Crippen molar-refractivity contribution in [1.82, 2.24) is 10.3 Å². The maximum atomic E-state index is 5.89. The second-order valence-corrected chi connectivity index (χ2v) is 4.91. The molecule has 2 heterocycles. The van der Waals surface area contributed by atoms with Crippen molar-refractivity contribution in [1.29, 1.82) is 0 Å². The molecular weight excluding hydrogens is 224 g/mol. The van der Waals surface area contributed by atoms with Crippen molar-refractivity contribution in [3.8, 4) is 0 Å². The zero-order valence-corrected chi connectivity index (χ0v) is 10.6. The smallest absolute Gasteiger partial charge is 0.0724 e. The van der Waals surface area contributed by atoms with Crippen molar-refractivity contribution in [3.63, 3.8) is 0 Å². The Kier molecular flexibility index (Phi) is 2.80. The van der Waals surface area contributed by atoms with E-state index >= 15 is 0 Å². The lowest BCUT2D eigenvalue weighted by Crippen LogP contribution is -2.49. The Bertz CT molecular complexity index is 567. The Labute approximate surface area is 107 Å². The summed E-state index contributed by atoms with van der Waals surface area (Å²) in [6.45, 7) is 5.28. The first-order chi connectivity index (χ1) is 8.74. The van der Waals surface area contributed by atoms with Gasteiger partial charge in [-0.15, -0.1) is 0 Å². The van der Waals surface area contributed by atoms with Crippen LogP contribution in [0.5, 0.6) is 0 Å². The zero-order valence-electron chi connectivity index (χ0n) is 10.6. The highest BCUT2D eigenvalue weighted by Crippen LogP contribution is 2.27. The third kappa shape index (κ3) is 1.99. The van der Waals surface area contributed by atoms with Gasteiger partial charge in [0.2, 0.25) is 0 Å². The Morgan fingerprint density at radius 1 is 1.39 bits per heavy atom. The molecule has 1 aromatic carbocycles. The first-order valence-electron chi connectivity index (χ1n) is 6.36. The van der Waals surface area contributed by atoms with Crippen LogP contribution in [0.2, 0.25) is 0 Å². The molecule has 1 aromatic heterocycles. The van der Waals surface area contributed by atoms with E-state index in [9.17, 15) is 0 Å². The number of pyridine rings is 1. The van der Waals surface area contributed by atoms with Crippen molar-refractivity contribution in [3.05, 3.63) is 30.5 Å². The van der Waals surface area contributed by atoms with Gasteiger partial charge in [0, 0.05) is 48.6 Å². The summed E-state index contributed by atoms with van der Waals surface area (Å²) in [6, 6.07) is 8.51. The average Bonchev–Trinajstić information content (AvgIpc) is 2.38. The van der Waals surface area contributed by atoms with Gasteiger partial charge in [-0.2, -0.15) is 0 Å². The summed E-state index contributed by atoms with van der Waals surface area (Å²) in [5, 5.41) is 4.60. The molecule has 2 aromatic rings. The lowest BCUT2D eigenvalue weighted by molar-refractivity contribution is 0.485. The molecule has 0 aliphatic carbocycles. The largest absolute Gasteiger partial charge is 0.399 e. The number of nitrogens with zero attached hydrogens (tertiary/aromatic N) is 2. The second-order valence-electron chi connectivity index (χ2n) is 4.91. The van der Waals surface area contributed by atoms with Crippen LogP contribution in [0.25, 0.3) is 10.9 Å². The number of anilines is 2. The number of aromatic nitrogens is 1. The van der Waals surface area contributed by atoms with Gasteiger partial charge < -0.3 is 16.0 Å². The summed E-state index contributed by atoms with van der Waals surface area (Å²) in [4.78, 5) is 6.81. The van der Waals surface area contributed by atoms with Crippen molar-refractivity contribution >= 4 is 22.3 Å². The van der Waals surface area contributed by atoms with E-state index < -0.39 is 0 Å². The quantitative estimate of drug-likeness (QED) is 0.746. The summed E-state index contributed by atoms with van der Waals surface area (Å²) < 4.78 is 0. The topological polar surface area (TPSA) is 54.2 Å². The van der Waals surface area contributed by atoms with E-state index in [0.29, 0.717) is 6.04 Å². The molecule has 1 fully saturated rings. The highest BCUT2D eigenvalue weighted by molar-refractivity contribution is 5.93. The van der Waals surface area contributed by atoms with Gasteiger partial charge in [0.05, 0.1) is 5.52 Å². The van der Waals surface area contributed by atoms with E-state index in [0.717, 1.165) is 36.2 Å². The predicted octanol–water partition coefficient (Wildman–Crippen LogP) is 1.62. The number of hydrogen-bond donors (Lipinski definition) is 2. The predicted molar refractivity (Wildman–Crippen MR) is 75.8 cm³/mol. The molecule has 3 rings (SSSR count). The summed E-state index contributed by atoms with van der Waals surface area (Å²) in [5.41, 5.74) is 8.93. The molecule has 1 saturated heterocycles. The molecule has 1 aliphatic heterocycles. The first-order valence-corrected chi connectivity index (χ1v) is 6.36. The van der Waals surface area contributed by atoms with Crippen LogP contribution < -0.4 is 16.0 Å². The summed E-state index contributed by atoms with van der Waals surface area (Å²) >= 11 is 0. The van der Waals surface area contributed by atoms with E-state index in [1.165, 1.54) is 5.69 Å². The van der Waals surface area contributed by atoms with Crippen LogP contribution in [0, 0.1) is 0 Å². The molecule has 0 radical (unpaired) electrons. The number of hydrogen-bond acceptors (Lipinski definition) is 4. The maximum Gasteiger partial charge on any atom is 0.0724 e. The Balaban J connectivity index is 2.07. The van der Waals surface area contributed by atoms with Crippen molar-refractivity contribution in [2.24, 2.45) is 0 Å². The van der Waals surface area contributed by atoms with Gasteiger partial charge >= 0.3 is 0 Å². The van der Waals surface area contributed by atoms with E-state index in [1.807, 2.05) is 24.4 Å². The van der Waals surface area contributed by atoms with Gasteiger partial charge in [-0.3, -0.25) is 4.98 Å². The van der Waals surface area contributed by atoms with Crippen LogP contribution >= 0.6 is 0 Å². The number of nitrogens with one attached hydrogen (secondary N) is 1. The minimum absolute atomic E-state index is 0.517. The zero-order chi connectivity index (χ0) is 12.5. The van der Waals surface area contributed by atoms with Crippen LogP contribution in [-0.2, 0) is 0 Å². The third-order valence-corrected chi connectivity index (χ3v) is 3.45. The van der Waals surface area contributed by atoms with E-state index in [4.69, 9.17) is 5.73 Å². The minimum Gasteiger partial charge on any atom is -0.399 e. The third-order valence-electron chi connectivity index (χ3n) is 3.45. The Hall–Kier alpha value is -1.81. The number of benzene rings is 1. The summed E-state index contributed by atoms with van der Waals surface area (Å²) in [6.07, 6.45) is 1.88. The minimum atomic E-state index is 0.517. The van der Waals surface area contributed by atoms with Crippen molar-refractivity contribution in [2.45, 2.75) is 13.0 Å². The number of rotatable bonds is 1. The molecule has 0 bridgehead atoms. The number of piperazine rings is 1. The molecule has 4 nitrogen and oxygen atoms in total. The fourth-order valence-corrected chi connectivity index (χ4v) is 2.58. The summed E-state index contributed by atoms with van der Waals surface area (Å²) in [7, 11) is 0. The van der Waals surface area contributed by atoms with Gasteiger partial charge in [0.1, 0.15) is 0 Å². The fourth-order valence-electron chi connectivity index (χ4n) is 2.58. The molecule has 0 saturated carbocycles. The van der Waals surface area contributed by atoms with Gasteiger partial charge in [0.25, 0.3) is 0 Å². The first kappa shape index (κ1) is 11.3. The van der Waals surface area contributed by atoms with Crippen LogP contribution in [-0.4, -0.2) is 30.7 Å². The maximum absolute atomic E-state index is 5.89. The van der Waals surface area contributed by atoms with E-state index in [2.05, 4.69) is 28.2 Å². The highest BCUT2D eigenvalue weighted by Gasteiger charge is 2.17. The van der Waals surface area contributed by atoms with Crippen LogP contribution in [0.1, 0.15) is 6.92 Å². The molecule has 0 spiro atoms. The molecule has 0 amide bonds. The fraction of sp³-hybridized carbons (Fsp3) is 0.357. The number of fused-ring (bicyclic) bond motifs is 1. The van der Waals surface area contributed by atoms with Crippen molar-refractivity contribution < 1.29 is 0 Å².